The van der Waals surface area contributed by atoms with Crippen molar-refractivity contribution in [3.05, 3.63) is 23.7 Å². The molecule has 11 heteroatoms. The van der Waals surface area contributed by atoms with Crippen LogP contribution in [0, 0.1) is 0 Å². The summed E-state index contributed by atoms with van der Waals surface area (Å²) in [4.78, 5) is 0. The van der Waals surface area contributed by atoms with Crippen LogP contribution in [-0.2, 0) is 39.0 Å². The molecule has 0 fully saturated rings. The van der Waals surface area contributed by atoms with Gasteiger partial charge in [-0.3, -0.25) is 0 Å². The largest absolute Gasteiger partial charge is 0.499 e. The summed E-state index contributed by atoms with van der Waals surface area (Å²) in [6.45, 7) is 4.20. The Kier molecular flexibility index (Phi) is 9.66. The summed E-state index contributed by atoms with van der Waals surface area (Å²) in [7, 11) is -10.1. The Labute approximate surface area is 137 Å². The summed E-state index contributed by atoms with van der Waals surface area (Å²) in [5, 5.41) is 1.69. The molecule has 0 aromatic rings. The van der Waals surface area contributed by atoms with Gasteiger partial charge in [-0.2, -0.15) is 0 Å². The Morgan fingerprint density at radius 3 is 2.00 bits per heavy atom. The van der Waals surface area contributed by atoms with Crippen LogP contribution >= 0.6 is 0 Å². The van der Waals surface area contributed by atoms with E-state index in [-0.39, 0.29) is 42.8 Å². The maximum atomic E-state index is 11.6. The van der Waals surface area contributed by atoms with Gasteiger partial charge in [0, 0.05) is 5.41 Å². The van der Waals surface area contributed by atoms with Gasteiger partial charge in [-0.05, 0) is 0 Å². The van der Waals surface area contributed by atoms with Gasteiger partial charge in [-0.15, -0.1) is 0 Å². The Bertz CT molecular complexity index is 687. The van der Waals surface area contributed by atoms with E-state index in [9.17, 15) is 25.3 Å². The van der Waals surface area contributed by atoms with Gasteiger partial charge in [-0.1, -0.05) is 13.5 Å². The summed E-state index contributed by atoms with van der Waals surface area (Å²) in [5.41, 5.74) is 0. The highest BCUT2D eigenvalue weighted by molar-refractivity contribution is 7.94. The van der Waals surface area contributed by atoms with Crippen molar-refractivity contribution >= 4 is 29.5 Å². The van der Waals surface area contributed by atoms with Crippen molar-refractivity contribution in [3.63, 3.8) is 0 Å². The first-order valence-corrected chi connectivity index (χ1v) is 11.9. The van der Waals surface area contributed by atoms with Gasteiger partial charge in [0.1, 0.15) is 6.61 Å². The highest BCUT2D eigenvalue weighted by atomic mass is 32.2. The molecule has 0 aliphatic rings. The van der Waals surface area contributed by atoms with Crippen LogP contribution in [0.2, 0.25) is 0 Å². The van der Waals surface area contributed by atoms with Crippen LogP contribution in [0.15, 0.2) is 23.7 Å². The predicted molar refractivity (Wildman–Crippen MR) is 88.0 cm³/mol. The minimum absolute atomic E-state index is 0.0654. The third-order valence-electron chi connectivity index (χ3n) is 2.58. The van der Waals surface area contributed by atoms with E-state index in [0.717, 1.165) is 17.1 Å². The summed E-state index contributed by atoms with van der Waals surface area (Å²) in [6.07, 6.45) is 0.949. The topological polar surface area (TPSA) is 121 Å². The maximum Gasteiger partial charge on any atom is 0.174 e. The normalized spacial score (nSPS) is 13.3. The predicted octanol–water partition coefficient (Wildman–Crippen LogP) is -0.101. The SMILES string of the molecule is C=CS(=O)(=O)CCOCCS(=O)(=O)CCOC=CS(=O)(=O)CC. The van der Waals surface area contributed by atoms with Gasteiger partial charge in [0.05, 0.1) is 47.9 Å². The molecule has 136 valence electrons. The second kappa shape index (κ2) is 10.1. The summed E-state index contributed by atoms with van der Waals surface area (Å²) in [5.74, 6) is -0.889. The lowest BCUT2D eigenvalue weighted by atomic mass is 10.8. The number of sulfone groups is 3. The molecule has 23 heavy (non-hydrogen) atoms. The molecule has 0 aromatic heterocycles. The number of hydrogen-bond acceptors (Lipinski definition) is 8. The molecule has 0 saturated carbocycles. The van der Waals surface area contributed by atoms with E-state index in [2.05, 4.69) is 6.58 Å². The molecule has 0 saturated heterocycles. The van der Waals surface area contributed by atoms with E-state index in [0.29, 0.717) is 0 Å². The molecule has 0 aliphatic heterocycles. The van der Waals surface area contributed by atoms with E-state index < -0.39 is 29.5 Å². The lowest BCUT2D eigenvalue weighted by molar-refractivity contribution is 0.165. The fraction of sp³-hybridized carbons (Fsp3) is 0.667. The van der Waals surface area contributed by atoms with Crippen LogP contribution in [0.4, 0.5) is 0 Å². The van der Waals surface area contributed by atoms with Crippen LogP contribution in [0.1, 0.15) is 6.92 Å². The quantitative estimate of drug-likeness (QED) is 0.316. The van der Waals surface area contributed by atoms with E-state index in [1.54, 1.807) is 0 Å². The van der Waals surface area contributed by atoms with Gasteiger partial charge in [0.25, 0.3) is 0 Å². The Morgan fingerprint density at radius 2 is 1.43 bits per heavy atom. The van der Waals surface area contributed by atoms with Crippen LogP contribution < -0.4 is 0 Å². The van der Waals surface area contributed by atoms with Crippen molar-refractivity contribution in [2.45, 2.75) is 6.92 Å². The van der Waals surface area contributed by atoms with Gasteiger partial charge in [0.2, 0.25) is 0 Å². The highest BCUT2D eigenvalue weighted by Crippen LogP contribution is 1.96. The Balaban J connectivity index is 3.97. The van der Waals surface area contributed by atoms with Crippen LogP contribution in [-0.4, -0.2) is 68.1 Å². The number of rotatable bonds is 13. The third kappa shape index (κ3) is 12.2. The fourth-order valence-corrected chi connectivity index (χ4v) is 2.99. The van der Waals surface area contributed by atoms with Crippen molar-refractivity contribution in [1.82, 2.24) is 0 Å². The molecule has 0 aromatic carbocycles. The highest BCUT2D eigenvalue weighted by Gasteiger charge is 2.11. The minimum atomic E-state index is -3.43. The molecular formula is C12H22O8S3. The average molecular weight is 391 g/mol. The van der Waals surface area contributed by atoms with Crippen molar-refractivity contribution in [2.75, 3.05) is 42.8 Å². The van der Waals surface area contributed by atoms with E-state index in [4.69, 9.17) is 9.47 Å². The molecule has 0 unspecified atom stereocenters. The van der Waals surface area contributed by atoms with Crippen LogP contribution in [0.25, 0.3) is 0 Å². The van der Waals surface area contributed by atoms with E-state index in [1.165, 1.54) is 6.92 Å². The zero-order valence-electron chi connectivity index (χ0n) is 12.9. The molecule has 0 aliphatic carbocycles. The van der Waals surface area contributed by atoms with Gasteiger partial charge < -0.3 is 9.47 Å². The van der Waals surface area contributed by atoms with Gasteiger partial charge in [-0.25, -0.2) is 25.3 Å². The second-order valence-electron chi connectivity index (χ2n) is 4.39. The maximum absolute atomic E-state index is 11.6. The molecular weight excluding hydrogens is 368 g/mol. The van der Waals surface area contributed by atoms with Crippen LogP contribution in [0.3, 0.4) is 0 Å². The van der Waals surface area contributed by atoms with E-state index >= 15 is 0 Å². The first kappa shape index (κ1) is 22.1. The molecule has 0 atom stereocenters. The second-order valence-corrected chi connectivity index (χ2v) is 10.9. The Hall–Kier alpha value is -0.910. The molecule has 0 bridgehead atoms. The fourth-order valence-electron chi connectivity index (χ4n) is 1.11. The van der Waals surface area contributed by atoms with Gasteiger partial charge in [0.15, 0.2) is 29.5 Å². The molecule has 0 radical (unpaired) electrons. The average Bonchev–Trinajstić information content (AvgIpc) is 2.46. The molecule has 0 heterocycles. The van der Waals surface area contributed by atoms with Crippen molar-refractivity contribution < 1.29 is 34.7 Å². The van der Waals surface area contributed by atoms with Crippen molar-refractivity contribution in [2.24, 2.45) is 0 Å². The van der Waals surface area contributed by atoms with Crippen molar-refractivity contribution in [3.8, 4) is 0 Å². The lowest BCUT2D eigenvalue weighted by Gasteiger charge is -2.05. The molecule has 0 N–H and O–H groups in total. The van der Waals surface area contributed by atoms with Crippen LogP contribution in [0.5, 0.6) is 0 Å². The lowest BCUT2D eigenvalue weighted by Crippen LogP contribution is -2.20. The zero-order valence-corrected chi connectivity index (χ0v) is 15.3. The number of hydrogen-bond donors (Lipinski definition) is 0. The smallest absolute Gasteiger partial charge is 0.174 e. The summed E-state index contributed by atoms with van der Waals surface area (Å²) in [6, 6.07) is 0. The van der Waals surface area contributed by atoms with Crippen molar-refractivity contribution in [1.29, 1.82) is 0 Å². The molecule has 0 rings (SSSR count). The zero-order chi connectivity index (χ0) is 18.0. The minimum Gasteiger partial charge on any atom is -0.499 e. The molecule has 8 nitrogen and oxygen atoms in total. The van der Waals surface area contributed by atoms with E-state index in [1.807, 2.05) is 0 Å². The third-order valence-corrected chi connectivity index (χ3v) is 6.73. The summed E-state index contributed by atoms with van der Waals surface area (Å²) < 4.78 is 77.4. The Morgan fingerprint density at radius 1 is 0.870 bits per heavy atom. The summed E-state index contributed by atoms with van der Waals surface area (Å²) >= 11 is 0. The standard InChI is InChI=1S/C12H22O8S3/c1-3-21(13,14)9-5-19-7-11-23(17,18)12-8-20-6-10-22(15,16)4-2/h3,6,10H,1,4-5,7-9,11-12H2,2H3. The molecule has 0 spiro atoms. The van der Waals surface area contributed by atoms with Gasteiger partial charge >= 0.3 is 0 Å². The first-order chi connectivity index (χ1) is 10.5. The molecule has 0 amide bonds. The monoisotopic (exact) mass is 390 g/mol. The number of ether oxygens (including phenoxy) is 2. The first-order valence-electron chi connectivity index (χ1n) is 6.68.